The fourth-order valence-corrected chi connectivity index (χ4v) is 2.34. The average Bonchev–Trinajstić information content (AvgIpc) is 2.87. The van der Waals surface area contributed by atoms with Crippen molar-refractivity contribution in [3.63, 3.8) is 0 Å². The molecule has 5 nitrogen and oxygen atoms in total. The quantitative estimate of drug-likeness (QED) is 0.736. The highest BCUT2D eigenvalue weighted by molar-refractivity contribution is 6.33. The van der Waals surface area contributed by atoms with Crippen LogP contribution in [-0.4, -0.2) is 35.2 Å². The van der Waals surface area contributed by atoms with Gasteiger partial charge >= 0.3 is 6.09 Å². The van der Waals surface area contributed by atoms with Crippen LogP contribution in [0.2, 0.25) is 0 Å². The summed E-state index contributed by atoms with van der Waals surface area (Å²) >= 11 is 0. The average molecular weight is 269 g/mol. The summed E-state index contributed by atoms with van der Waals surface area (Å²) in [6.45, 7) is 2.25. The maximum Gasteiger partial charge on any atom is 0.410 e. The zero-order chi connectivity index (χ0) is 13.9. The number of carbonyl (C=O) groups excluding carboxylic acids is 1. The maximum absolute atomic E-state index is 12.1. The summed E-state index contributed by atoms with van der Waals surface area (Å²) in [7, 11) is 2.01. The topological polar surface area (TPSA) is 47.4 Å². The Morgan fingerprint density at radius 3 is 2.90 bits per heavy atom. The number of aromatic nitrogens is 2. The molecule has 1 aliphatic heterocycles. The highest BCUT2D eigenvalue weighted by Gasteiger charge is 2.23. The van der Waals surface area contributed by atoms with E-state index in [0.29, 0.717) is 19.7 Å². The Morgan fingerprint density at radius 2 is 2.10 bits per heavy atom. The third kappa shape index (κ3) is 2.54. The Bertz CT molecular complexity index is 612. The Balaban J connectivity index is 1.60. The smallest absolute Gasteiger partial charge is 0.410 e. The molecule has 0 saturated heterocycles. The van der Waals surface area contributed by atoms with Gasteiger partial charge in [-0.05, 0) is 11.0 Å². The molecule has 0 bridgehead atoms. The first-order chi connectivity index (χ1) is 9.74. The normalized spacial score (nSPS) is 13.9. The second-order valence-corrected chi connectivity index (χ2v) is 4.96. The molecular formula is C14H16BN3O2. The van der Waals surface area contributed by atoms with Gasteiger partial charge in [-0.3, -0.25) is 4.68 Å². The van der Waals surface area contributed by atoms with Crippen LogP contribution in [0, 0.1) is 0 Å². The van der Waals surface area contributed by atoms with Gasteiger partial charge in [-0.1, -0.05) is 30.3 Å². The van der Waals surface area contributed by atoms with Crippen LogP contribution in [-0.2, 0) is 24.4 Å². The van der Waals surface area contributed by atoms with Crippen molar-refractivity contribution in [1.29, 1.82) is 0 Å². The van der Waals surface area contributed by atoms with Crippen LogP contribution in [0.1, 0.15) is 11.3 Å². The summed E-state index contributed by atoms with van der Waals surface area (Å²) in [5.41, 5.74) is 3.21. The molecule has 20 heavy (non-hydrogen) atoms. The summed E-state index contributed by atoms with van der Waals surface area (Å²) in [6, 6.07) is 9.71. The van der Waals surface area contributed by atoms with Gasteiger partial charge in [-0.2, -0.15) is 5.10 Å². The highest BCUT2D eigenvalue weighted by Crippen LogP contribution is 2.11. The fourth-order valence-electron chi connectivity index (χ4n) is 2.34. The van der Waals surface area contributed by atoms with Gasteiger partial charge in [0, 0.05) is 12.7 Å². The maximum atomic E-state index is 12.1. The van der Waals surface area contributed by atoms with Crippen LogP contribution in [0.15, 0.2) is 36.5 Å². The lowest BCUT2D eigenvalue weighted by Gasteiger charge is -2.27. The molecule has 2 heterocycles. The lowest BCUT2D eigenvalue weighted by Crippen LogP contribution is -2.40. The zero-order valence-corrected chi connectivity index (χ0v) is 11.5. The van der Waals surface area contributed by atoms with Gasteiger partial charge in [0.25, 0.3) is 0 Å². The Kier molecular flexibility index (Phi) is 3.45. The van der Waals surface area contributed by atoms with Crippen LogP contribution in [0.4, 0.5) is 4.79 Å². The number of amides is 1. The van der Waals surface area contributed by atoms with E-state index < -0.39 is 0 Å². The number of hydrogen-bond donors (Lipinski definition) is 0. The van der Waals surface area contributed by atoms with E-state index in [-0.39, 0.29) is 6.09 Å². The molecule has 1 aliphatic rings. The summed E-state index contributed by atoms with van der Waals surface area (Å²) in [5.74, 6) is 0. The first-order valence-electron chi connectivity index (χ1n) is 6.71. The van der Waals surface area contributed by atoms with Crippen molar-refractivity contribution in [3.8, 4) is 0 Å². The summed E-state index contributed by atoms with van der Waals surface area (Å²) in [5, 5.41) is 4.28. The van der Waals surface area contributed by atoms with Gasteiger partial charge in [0.1, 0.15) is 14.5 Å². The van der Waals surface area contributed by atoms with Crippen molar-refractivity contribution in [3.05, 3.63) is 47.8 Å². The number of rotatable bonds is 2. The van der Waals surface area contributed by atoms with Crippen molar-refractivity contribution in [2.45, 2.75) is 19.7 Å². The van der Waals surface area contributed by atoms with E-state index in [1.165, 1.54) is 0 Å². The van der Waals surface area contributed by atoms with Crippen LogP contribution < -0.4 is 5.46 Å². The van der Waals surface area contributed by atoms with Gasteiger partial charge in [0.15, 0.2) is 0 Å². The van der Waals surface area contributed by atoms with Crippen molar-refractivity contribution in [2.24, 2.45) is 0 Å². The molecule has 0 saturated carbocycles. The minimum Gasteiger partial charge on any atom is -0.445 e. The largest absolute Gasteiger partial charge is 0.445 e. The molecule has 0 radical (unpaired) electrons. The van der Waals surface area contributed by atoms with E-state index in [9.17, 15) is 4.79 Å². The molecule has 102 valence electrons. The summed E-state index contributed by atoms with van der Waals surface area (Å²) < 4.78 is 7.31. The van der Waals surface area contributed by atoms with Crippen molar-refractivity contribution in [2.75, 3.05) is 6.54 Å². The van der Waals surface area contributed by atoms with Gasteiger partial charge in [-0.15, -0.1) is 0 Å². The molecule has 1 amide bonds. The summed E-state index contributed by atoms with van der Waals surface area (Å²) in [6.07, 6.45) is 1.58. The SMILES string of the molecule is Bc1cnn2c1CN(C(=O)OCc1ccccc1)CC2. The first-order valence-corrected chi connectivity index (χ1v) is 6.71. The molecule has 6 heteroatoms. The Labute approximate surface area is 118 Å². The molecule has 1 aromatic carbocycles. The number of carbonyl (C=O) groups is 1. The minimum absolute atomic E-state index is 0.263. The van der Waals surface area contributed by atoms with Crippen LogP contribution in [0.5, 0.6) is 0 Å². The Morgan fingerprint density at radius 1 is 1.30 bits per heavy atom. The highest BCUT2D eigenvalue weighted by atomic mass is 16.6. The molecule has 0 N–H and O–H groups in total. The predicted molar refractivity (Wildman–Crippen MR) is 77.4 cm³/mol. The first kappa shape index (κ1) is 12.8. The fraction of sp³-hybridized carbons (Fsp3) is 0.286. The van der Waals surface area contributed by atoms with Gasteiger partial charge in [-0.25, -0.2) is 4.79 Å². The van der Waals surface area contributed by atoms with Gasteiger partial charge in [0.05, 0.1) is 18.8 Å². The second kappa shape index (κ2) is 5.40. The lowest BCUT2D eigenvalue weighted by atomic mass is 9.96. The van der Waals surface area contributed by atoms with E-state index >= 15 is 0 Å². The molecule has 1 aromatic heterocycles. The molecule has 0 unspecified atom stereocenters. The number of hydrogen-bond acceptors (Lipinski definition) is 3. The minimum atomic E-state index is -0.263. The number of fused-ring (bicyclic) bond motifs is 1. The van der Waals surface area contributed by atoms with E-state index in [2.05, 4.69) is 5.10 Å². The monoisotopic (exact) mass is 269 g/mol. The van der Waals surface area contributed by atoms with Gasteiger partial charge < -0.3 is 9.64 Å². The molecule has 0 fully saturated rings. The molecule has 2 aromatic rings. The number of benzene rings is 1. The predicted octanol–water partition coefficient (Wildman–Crippen LogP) is 0.294. The van der Waals surface area contributed by atoms with Crippen molar-refractivity contribution >= 4 is 19.4 Å². The number of nitrogens with zero attached hydrogens (tertiary/aromatic N) is 3. The molecule has 0 spiro atoms. The van der Waals surface area contributed by atoms with E-state index in [1.807, 2.05) is 49.1 Å². The van der Waals surface area contributed by atoms with E-state index in [4.69, 9.17) is 4.74 Å². The standard InChI is InChI=1S/C14H16BN3O2/c15-12-8-16-18-7-6-17(9-13(12)18)14(19)20-10-11-4-2-1-3-5-11/h1-5,8H,6-7,9-10,15H2. The Hall–Kier alpha value is -2.24. The van der Waals surface area contributed by atoms with Crippen LogP contribution >= 0.6 is 0 Å². The van der Waals surface area contributed by atoms with E-state index in [0.717, 1.165) is 23.3 Å². The van der Waals surface area contributed by atoms with Gasteiger partial charge in [0.2, 0.25) is 0 Å². The third-order valence-corrected chi connectivity index (χ3v) is 3.54. The second-order valence-electron chi connectivity index (χ2n) is 4.96. The molecule has 3 rings (SSSR count). The summed E-state index contributed by atoms with van der Waals surface area (Å²) in [4.78, 5) is 13.8. The lowest BCUT2D eigenvalue weighted by molar-refractivity contribution is 0.0860. The zero-order valence-electron chi connectivity index (χ0n) is 11.5. The van der Waals surface area contributed by atoms with Crippen LogP contribution in [0.3, 0.4) is 0 Å². The van der Waals surface area contributed by atoms with Crippen LogP contribution in [0.25, 0.3) is 0 Å². The molecule has 0 atom stereocenters. The molecule has 0 aliphatic carbocycles. The third-order valence-electron chi connectivity index (χ3n) is 3.54. The molecular weight excluding hydrogens is 253 g/mol. The van der Waals surface area contributed by atoms with E-state index in [1.54, 1.807) is 4.90 Å². The number of ether oxygens (including phenoxy) is 1. The van der Waals surface area contributed by atoms with Crippen molar-refractivity contribution in [1.82, 2.24) is 14.7 Å². The van der Waals surface area contributed by atoms with Crippen molar-refractivity contribution < 1.29 is 9.53 Å².